The highest BCUT2D eigenvalue weighted by molar-refractivity contribution is 6.01. The minimum Gasteiger partial charge on any atom is -0.481 e. The average Bonchev–Trinajstić information content (AvgIpc) is 3.52. The third-order valence-electron chi connectivity index (χ3n) is 5.89. The Kier molecular flexibility index (Phi) is 5.19. The van der Waals surface area contributed by atoms with E-state index in [0.29, 0.717) is 13.1 Å². The molecule has 2 atom stereocenters. The van der Waals surface area contributed by atoms with Gasteiger partial charge in [0, 0.05) is 37.4 Å². The van der Waals surface area contributed by atoms with E-state index in [0.717, 1.165) is 19.3 Å². The summed E-state index contributed by atoms with van der Waals surface area (Å²) in [7, 11) is 0. The summed E-state index contributed by atoms with van der Waals surface area (Å²) in [5.41, 5.74) is 0.490. The van der Waals surface area contributed by atoms with Crippen LogP contribution in [0.4, 0.5) is 0 Å². The van der Waals surface area contributed by atoms with Crippen molar-refractivity contribution in [3.05, 3.63) is 47.7 Å². The second-order valence-electron chi connectivity index (χ2n) is 8.96. The molecule has 2 fully saturated rings. The highest BCUT2D eigenvalue weighted by atomic mass is 16.5. The summed E-state index contributed by atoms with van der Waals surface area (Å²) >= 11 is 0. The van der Waals surface area contributed by atoms with Crippen molar-refractivity contribution in [2.75, 3.05) is 13.1 Å². The van der Waals surface area contributed by atoms with Crippen molar-refractivity contribution in [3.63, 3.8) is 0 Å². The van der Waals surface area contributed by atoms with Crippen LogP contribution in [0.2, 0.25) is 0 Å². The molecule has 1 saturated heterocycles. The monoisotopic (exact) mass is 396 g/mol. The van der Waals surface area contributed by atoms with E-state index in [1.165, 1.54) is 11.6 Å². The van der Waals surface area contributed by atoms with Gasteiger partial charge in [0.1, 0.15) is 5.60 Å². The van der Waals surface area contributed by atoms with Gasteiger partial charge < -0.3 is 15.0 Å². The van der Waals surface area contributed by atoms with Gasteiger partial charge in [-0.1, -0.05) is 30.3 Å². The lowest BCUT2D eigenvalue weighted by Crippen LogP contribution is -2.54. The largest absolute Gasteiger partial charge is 0.481 e. The molecular formula is C23H28N2O4. The predicted molar refractivity (Wildman–Crippen MR) is 108 cm³/mol. The Hall–Kier alpha value is -2.63. The summed E-state index contributed by atoms with van der Waals surface area (Å²) < 4.78 is 5.80. The lowest BCUT2D eigenvalue weighted by Gasteiger charge is -2.40. The zero-order valence-electron chi connectivity index (χ0n) is 17.0. The Balaban J connectivity index is 1.52. The Morgan fingerprint density at radius 3 is 2.52 bits per heavy atom. The molecule has 29 heavy (non-hydrogen) atoms. The summed E-state index contributed by atoms with van der Waals surface area (Å²) in [6.45, 7) is 4.59. The van der Waals surface area contributed by atoms with E-state index in [1.807, 2.05) is 32.0 Å². The number of carbonyl (C=O) groups is 3. The van der Waals surface area contributed by atoms with Gasteiger partial charge in [0.25, 0.3) is 5.91 Å². The van der Waals surface area contributed by atoms with Crippen LogP contribution in [-0.2, 0) is 19.1 Å². The Bertz CT molecular complexity index is 842. The number of ether oxygens (including phenoxy) is 1. The standard InChI is InChI=1S/C23H28N2O4/c1-23(2)13-17(26)12-20(29-23)22(28)25-11-10-18(15-6-4-3-5-7-15)19(14-25)24-21(27)16-8-9-16/h3-7,12,16,18-19H,8-11,13-14H2,1-2H3,(H,24,27)/t18-,19-/m0/s1. The quantitative estimate of drug-likeness (QED) is 0.849. The van der Waals surface area contributed by atoms with Crippen LogP contribution in [0.3, 0.4) is 0 Å². The van der Waals surface area contributed by atoms with Gasteiger partial charge in [0.2, 0.25) is 5.91 Å². The number of rotatable bonds is 4. The molecular weight excluding hydrogens is 368 g/mol. The zero-order valence-corrected chi connectivity index (χ0v) is 17.0. The van der Waals surface area contributed by atoms with Crippen LogP contribution in [-0.4, -0.2) is 47.2 Å². The van der Waals surface area contributed by atoms with Crippen LogP contribution in [0.15, 0.2) is 42.2 Å². The molecule has 0 unspecified atom stereocenters. The third kappa shape index (κ3) is 4.52. The molecule has 6 nitrogen and oxygen atoms in total. The summed E-state index contributed by atoms with van der Waals surface area (Å²) in [4.78, 5) is 39.3. The zero-order chi connectivity index (χ0) is 20.6. The molecule has 1 N–H and O–H groups in total. The van der Waals surface area contributed by atoms with E-state index in [4.69, 9.17) is 4.74 Å². The van der Waals surface area contributed by atoms with Gasteiger partial charge in [0.15, 0.2) is 11.5 Å². The molecule has 4 rings (SSSR count). The number of nitrogens with one attached hydrogen (secondary N) is 1. The van der Waals surface area contributed by atoms with Gasteiger partial charge in [-0.2, -0.15) is 0 Å². The molecule has 0 spiro atoms. The van der Waals surface area contributed by atoms with Crippen molar-refractivity contribution >= 4 is 17.6 Å². The molecule has 1 aliphatic carbocycles. The lowest BCUT2D eigenvalue weighted by atomic mass is 9.85. The first kappa shape index (κ1) is 19.7. The molecule has 0 radical (unpaired) electrons. The molecule has 0 aromatic heterocycles. The summed E-state index contributed by atoms with van der Waals surface area (Å²) in [5, 5.41) is 3.18. The van der Waals surface area contributed by atoms with Gasteiger partial charge in [-0.3, -0.25) is 14.4 Å². The van der Waals surface area contributed by atoms with Crippen LogP contribution in [0.1, 0.15) is 51.0 Å². The molecule has 1 aromatic carbocycles. The van der Waals surface area contributed by atoms with Crippen LogP contribution in [0.25, 0.3) is 0 Å². The number of allylic oxidation sites excluding steroid dienone is 1. The number of hydrogen-bond acceptors (Lipinski definition) is 4. The SMILES string of the molecule is CC1(C)CC(=O)C=C(C(=O)N2CC[C@@H](c3ccccc3)[C@@H](NC(=O)C3CC3)C2)O1. The maximum absolute atomic E-state index is 13.1. The van der Waals surface area contributed by atoms with Crippen molar-refractivity contribution in [2.45, 2.75) is 57.1 Å². The fraction of sp³-hybridized carbons (Fsp3) is 0.522. The van der Waals surface area contributed by atoms with E-state index in [-0.39, 0.29) is 47.7 Å². The van der Waals surface area contributed by atoms with E-state index >= 15 is 0 Å². The topological polar surface area (TPSA) is 75.7 Å². The highest BCUT2D eigenvalue weighted by Crippen LogP contribution is 2.33. The number of piperidine rings is 1. The van der Waals surface area contributed by atoms with Gasteiger partial charge >= 0.3 is 0 Å². The number of carbonyl (C=O) groups excluding carboxylic acids is 3. The van der Waals surface area contributed by atoms with Crippen molar-refractivity contribution < 1.29 is 19.1 Å². The molecule has 1 saturated carbocycles. The number of hydrogen-bond donors (Lipinski definition) is 1. The van der Waals surface area contributed by atoms with E-state index < -0.39 is 5.60 Å². The minimum absolute atomic E-state index is 0.0784. The van der Waals surface area contributed by atoms with Gasteiger partial charge in [-0.25, -0.2) is 0 Å². The van der Waals surface area contributed by atoms with Crippen LogP contribution in [0.5, 0.6) is 0 Å². The number of nitrogens with zero attached hydrogens (tertiary/aromatic N) is 1. The molecule has 0 bridgehead atoms. The lowest BCUT2D eigenvalue weighted by molar-refractivity contribution is -0.139. The van der Waals surface area contributed by atoms with Gasteiger partial charge in [0.05, 0.1) is 6.04 Å². The van der Waals surface area contributed by atoms with Crippen molar-refractivity contribution in [3.8, 4) is 0 Å². The summed E-state index contributed by atoms with van der Waals surface area (Å²) in [6.07, 6.45) is 4.20. The second-order valence-corrected chi connectivity index (χ2v) is 8.96. The average molecular weight is 396 g/mol. The second kappa shape index (κ2) is 7.65. The van der Waals surface area contributed by atoms with Gasteiger partial charge in [-0.15, -0.1) is 0 Å². The number of amides is 2. The van der Waals surface area contributed by atoms with Crippen LogP contribution in [0, 0.1) is 5.92 Å². The van der Waals surface area contributed by atoms with Crippen LogP contribution < -0.4 is 5.32 Å². The Morgan fingerprint density at radius 1 is 1.14 bits per heavy atom. The molecule has 3 aliphatic rings. The molecule has 2 aliphatic heterocycles. The third-order valence-corrected chi connectivity index (χ3v) is 5.89. The normalized spacial score (nSPS) is 26.3. The molecule has 154 valence electrons. The van der Waals surface area contributed by atoms with Crippen molar-refractivity contribution in [1.29, 1.82) is 0 Å². The molecule has 1 aromatic rings. The highest BCUT2D eigenvalue weighted by Gasteiger charge is 2.39. The predicted octanol–water partition coefficient (Wildman–Crippen LogP) is 2.55. The fourth-order valence-electron chi connectivity index (χ4n) is 4.27. The maximum atomic E-state index is 13.1. The number of likely N-dealkylation sites (tertiary alicyclic amines) is 1. The van der Waals surface area contributed by atoms with Gasteiger partial charge in [-0.05, 0) is 38.7 Å². The van der Waals surface area contributed by atoms with Crippen molar-refractivity contribution in [1.82, 2.24) is 10.2 Å². The first-order valence-corrected chi connectivity index (χ1v) is 10.4. The molecule has 2 amide bonds. The first-order chi connectivity index (χ1) is 13.8. The van der Waals surface area contributed by atoms with E-state index in [9.17, 15) is 14.4 Å². The van der Waals surface area contributed by atoms with Crippen molar-refractivity contribution in [2.24, 2.45) is 5.92 Å². The van der Waals surface area contributed by atoms with E-state index in [1.54, 1.807) is 4.90 Å². The Morgan fingerprint density at radius 2 is 1.86 bits per heavy atom. The fourth-order valence-corrected chi connectivity index (χ4v) is 4.27. The molecule has 6 heteroatoms. The first-order valence-electron chi connectivity index (χ1n) is 10.4. The van der Waals surface area contributed by atoms with Crippen LogP contribution >= 0.6 is 0 Å². The van der Waals surface area contributed by atoms with E-state index in [2.05, 4.69) is 17.4 Å². The molecule has 2 heterocycles. The number of benzene rings is 1. The number of ketones is 1. The summed E-state index contributed by atoms with van der Waals surface area (Å²) in [6, 6.07) is 9.97. The smallest absolute Gasteiger partial charge is 0.289 e. The summed E-state index contributed by atoms with van der Waals surface area (Å²) in [5.74, 6) is 0.0830. The minimum atomic E-state index is -0.682. The Labute approximate surface area is 171 Å². The maximum Gasteiger partial charge on any atom is 0.289 e.